The van der Waals surface area contributed by atoms with Crippen LogP contribution in [0.25, 0.3) is 6.08 Å². The van der Waals surface area contributed by atoms with Gasteiger partial charge in [-0.25, -0.2) is 0 Å². The summed E-state index contributed by atoms with van der Waals surface area (Å²) in [6.45, 7) is 7.00. The van der Waals surface area contributed by atoms with E-state index in [1.807, 2.05) is 0 Å². The van der Waals surface area contributed by atoms with E-state index in [9.17, 15) is 4.79 Å². The SMILES string of the molecule is CCC[CH2][Sn]([CH2]CCC)([CH2]CCC)[c]1ccc2c(c1)CC(=Cc1ccc(N(C)C)cc1)C2=O. The Labute approximate surface area is 206 Å². The number of ketones is 1. The molecule has 178 valence electrons. The molecule has 0 atom stereocenters. The zero-order chi connectivity index (χ0) is 23.8. The summed E-state index contributed by atoms with van der Waals surface area (Å²) in [6, 6.07) is 15.5. The molecule has 3 heteroatoms. The normalized spacial score (nSPS) is 14.7. The fourth-order valence-electron chi connectivity index (χ4n) is 5.29. The van der Waals surface area contributed by atoms with Gasteiger partial charge in [-0.2, -0.15) is 0 Å². The maximum atomic E-state index is 13.2. The molecule has 0 amide bonds. The molecule has 1 aliphatic carbocycles. The van der Waals surface area contributed by atoms with E-state index in [1.165, 1.54) is 63.1 Å². The molecule has 0 aromatic heterocycles. The van der Waals surface area contributed by atoms with E-state index in [1.54, 1.807) is 3.58 Å². The fraction of sp³-hybridized carbons (Fsp3) is 0.500. The van der Waals surface area contributed by atoms with Crippen LogP contribution in [0.2, 0.25) is 13.3 Å². The zero-order valence-corrected chi connectivity index (χ0v) is 24.4. The fourth-order valence-corrected chi connectivity index (χ4v) is 21.3. The number of Topliss-reactive ketones (excluding diaryl/α,β-unsaturated/α-hetero) is 1. The predicted molar refractivity (Wildman–Crippen MR) is 148 cm³/mol. The average molecular weight is 552 g/mol. The van der Waals surface area contributed by atoms with Gasteiger partial charge in [0.1, 0.15) is 0 Å². The van der Waals surface area contributed by atoms with Crippen molar-refractivity contribution in [2.24, 2.45) is 0 Å². The van der Waals surface area contributed by atoms with Crippen LogP contribution in [0.1, 0.15) is 80.8 Å². The van der Waals surface area contributed by atoms with E-state index in [-0.39, 0.29) is 5.78 Å². The predicted octanol–water partition coefficient (Wildman–Crippen LogP) is 7.63. The molecule has 0 saturated heterocycles. The second kappa shape index (κ2) is 12.2. The van der Waals surface area contributed by atoms with Gasteiger partial charge in [-0.15, -0.1) is 0 Å². The third-order valence-corrected chi connectivity index (χ3v) is 23.0. The summed E-state index contributed by atoms with van der Waals surface area (Å²) < 4.78 is 6.10. The number of hydrogen-bond donors (Lipinski definition) is 0. The second-order valence-electron chi connectivity index (χ2n) is 10.1. The van der Waals surface area contributed by atoms with E-state index < -0.39 is 18.4 Å². The van der Waals surface area contributed by atoms with Crippen LogP contribution in [-0.4, -0.2) is 38.3 Å². The maximum absolute atomic E-state index is 13.2. The van der Waals surface area contributed by atoms with E-state index in [0.29, 0.717) is 0 Å². The summed E-state index contributed by atoms with van der Waals surface area (Å²) in [5.74, 6) is 0.227. The van der Waals surface area contributed by atoms with Crippen LogP contribution in [-0.2, 0) is 6.42 Å². The van der Waals surface area contributed by atoms with Crippen LogP contribution in [0.3, 0.4) is 0 Å². The summed E-state index contributed by atoms with van der Waals surface area (Å²) in [4.78, 5) is 15.3. The number of unbranched alkanes of at least 4 members (excludes halogenated alkanes) is 3. The van der Waals surface area contributed by atoms with E-state index in [0.717, 1.165) is 23.1 Å². The molecule has 0 fully saturated rings. The van der Waals surface area contributed by atoms with E-state index in [2.05, 4.69) is 88.3 Å². The monoisotopic (exact) mass is 553 g/mol. The van der Waals surface area contributed by atoms with E-state index >= 15 is 0 Å². The molecule has 0 heterocycles. The summed E-state index contributed by atoms with van der Waals surface area (Å²) in [5, 5.41) is 0. The topological polar surface area (TPSA) is 20.3 Å². The van der Waals surface area contributed by atoms with Gasteiger partial charge in [-0.3, -0.25) is 0 Å². The van der Waals surface area contributed by atoms with Crippen molar-refractivity contribution in [2.45, 2.75) is 79.0 Å². The third kappa shape index (κ3) is 6.32. The molecule has 3 rings (SSSR count). The van der Waals surface area contributed by atoms with Crippen LogP contribution >= 0.6 is 0 Å². The molecule has 2 aromatic rings. The van der Waals surface area contributed by atoms with Crippen molar-refractivity contribution in [1.82, 2.24) is 0 Å². The molecule has 1 aliphatic rings. The number of hydrogen-bond acceptors (Lipinski definition) is 2. The van der Waals surface area contributed by atoms with Crippen molar-refractivity contribution in [2.75, 3.05) is 19.0 Å². The van der Waals surface area contributed by atoms with Crippen molar-refractivity contribution in [3.05, 3.63) is 64.7 Å². The first-order valence-electron chi connectivity index (χ1n) is 13.1. The minimum atomic E-state index is -2.47. The van der Waals surface area contributed by atoms with Crippen LogP contribution < -0.4 is 8.48 Å². The zero-order valence-electron chi connectivity index (χ0n) is 21.5. The summed E-state index contributed by atoms with van der Waals surface area (Å²) >= 11 is -2.47. The number of carbonyl (C=O) groups is 1. The Morgan fingerprint density at radius 2 is 1.42 bits per heavy atom. The molecular weight excluding hydrogens is 509 g/mol. The van der Waals surface area contributed by atoms with Gasteiger partial charge < -0.3 is 0 Å². The first kappa shape index (κ1) is 26.1. The third-order valence-electron chi connectivity index (χ3n) is 7.41. The molecule has 0 spiro atoms. The number of carbonyl (C=O) groups excluding carboxylic acids is 1. The molecule has 0 bridgehead atoms. The van der Waals surface area contributed by atoms with E-state index in [4.69, 9.17) is 0 Å². The van der Waals surface area contributed by atoms with Crippen molar-refractivity contribution in [3.8, 4) is 0 Å². The number of allylic oxidation sites excluding steroid dienone is 1. The molecule has 33 heavy (non-hydrogen) atoms. The Balaban J connectivity index is 1.91. The number of rotatable bonds is 12. The van der Waals surface area contributed by atoms with Crippen LogP contribution in [0, 0.1) is 0 Å². The van der Waals surface area contributed by atoms with Crippen molar-refractivity contribution < 1.29 is 4.79 Å². The van der Waals surface area contributed by atoms with Gasteiger partial charge in [0.05, 0.1) is 0 Å². The summed E-state index contributed by atoms with van der Waals surface area (Å²) in [6.07, 6.45) is 10.9. The first-order valence-corrected chi connectivity index (χ1v) is 20.6. The van der Waals surface area contributed by atoms with Gasteiger partial charge in [0.15, 0.2) is 0 Å². The Hall–Kier alpha value is -1.55. The van der Waals surface area contributed by atoms with Gasteiger partial charge >= 0.3 is 207 Å². The van der Waals surface area contributed by atoms with Gasteiger partial charge in [-0.1, -0.05) is 0 Å². The first-order chi connectivity index (χ1) is 15.9. The molecule has 0 aliphatic heterocycles. The number of benzene rings is 2. The number of fused-ring (bicyclic) bond motifs is 1. The van der Waals surface area contributed by atoms with Gasteiger partial charge in [0, 0.05) is 0 Å². The molecule has 0 N–H and O–H groups in total. The van der Waals surface area contributed by atoms with Crippen molar-refractivity contribution in [1.29, 1.82) is 0 Å². The number of anilines is 1. The van der Waals surface area contributed by atoms with Crippen molar-refractivity contribution in [3.63, 3.8) is 0 Å². The molecule has 0 unspecified atom stereocenters. The summed E-state index contributed by atoms with van der Waals surface area (Å²) in [7, 11) is 4.10. The number of nitrogens with zero attached hydrogens (tertiary/aromatic N) is 1. The molecule has 2 aromatic carbocycles. The molecule has 0 saturated carbocycles. The molecule has 0 radical (unpaired) electrons. The Morgan fingerprint density at radius 1 is 0.848 bits per heavy atom. The average Bonchev–Trinajstić information content (AvgIpc) is 3.13. The van der Waals surface area contributed by atoms with Gasteiger partial charge in [0.2, 0.25) is 0 Å². The summed E-state index contributed by atoms with van der Waals surface area (Å²) in [5.41, 5.74) is 5.45. The van der Waals surface area contributed by atoms with Gasteiger partial charge in [-0.05, 0) is 0 Å². The van der Waals surface area contributed by atoms with Crippen LogP contribution in [0.5, 0.6) is 0 Å². The van der Waals surface area contributed by atoms with Crippen molar-refractivity contribution >= 4 is 39.5 Å². The second-order valence-corrected chi connectivity index (χ2v) is 23.4. The van der Waals surface area contributed by atoms with Gasteiger partial charge in [0.25, 0.3) is 0 Å². The molecular formula is C30H43NOSn. The Bertz CT molecular complexity index is 936. The molecule has 2 nitrogen and oxygen atoms in total. The standard InChI is InChI=1S/C18H16NO.3C4H9.Sn/c1-19(2)16-9-7-13(8-10-16)11-15-12-14-5-3-4-6-17(14)18(15)20;3*1-3-4-2;/h4-11H,12H2,1-2H3;3*1,3-4H2,2H3;. The Kier molecular flexibility index (Phi) is 9.67. The van der Waals surface area contributed by atoms with Crippen LogP contribution in [0.15, 0.2) is 48.0 Å². The Morgan fingerprint density at radius 3 is 1.94 bits per heavy atom. The minimum absolute atomic E-state index is 0.227. The van der Waals surface area contributed by atoms with Crippen LogP contribution in [0.4, 0.5) is 5.69 Å². The quantitative estimate of drug-likeness (QED) is 0.199.